The van der Waals surface area contributed by atoms with Gasteiger partial charge in [-0.25, -0.2) is 0 Å². The molecule has 2 N–H and O–H groups in total. The molecule has 0 unspecified atom stereocenters. The van der Waals surface area contributed by atoms with E-state index in [1.807, 2.05) is 0 Å². The Morgan fingerprint density at radius 1 is 0.872 bits per heavy atom. The maximum absolute atomic E-state index is 14.3. The SMILES string of the molecule is CC(C)C1=C2[C@H]3CC[C@@H]4[C@@]5(C)CC[C@H](OC(=O)CC(C)(C)C(=O)O)C(C)(C)[C@@H]5CC[C@@]4(C)[C@]3(C)CC[C@@]2(C(=O)CNC2CCC2)CC1. The molecule has 264 valence electrons. The Morgan fingerprint density at radius 3 is 2.19 bits per heavy atom. The van der Waals surface area contributed by atoms with Gasteiger partial charge in [-0.05, 0) is 131 Å². The molecule has 0 bridgehead atoms. The first kappa shape index (κ1) is 35.1. The first-order valence-corrected chi connectivity index (χ1v) is 19.3. The molecule has 8 atom stereocenters. The molecule has 6 rings (SSSR count). The summed E-state index contributed by atoms with van der Waals surface area (Å²) in [5, 5.41) is 13.2. The zero-order chi connectivity index (χ0) is 34.4. The fourth-order valence-corrected chi connectivity index (χ4v) is 12.9. The van der Waals surface area contributed by atoms with Gasteiger partial charge in [0.15, 0.2) is 5.78 Å². The van der Waals surface area contributed by atoms with Crippen LogP contribution in [0.25, 0.3) is 0 Å². The minimum Gasteiger partial charge on any atom is -0.481 e. The Labute approximate surface area is 285 Å². The summed E-state index contributed by atoms with van der Waals surface area (Å²) in [6.07, 6.45) is 14.2. The minimum absolute atomic E-state index is 0.105. The van der Waals surface area contributed by atoms with Gasteiger partial charge in [0.1, 0.15) is 6.10 Å². The lowest BCUT2D eigenvalue weighted by molar-refractivity contribution is -0.233. The zero-order valence-corrected chi connectivity index (χ0v) is 31.2. The molecule has 0 amide bonds. The van der Waals surface area contributed by atoms with Gasteiger partial charge in [-0.1, -0.05) is 66.0 Å². The molecule has 6 nitrogen and oxygen atoms in total. The standard InChI is InChI=1S/C41H65NO5/c1-25(2)27-15-20-41(31(43)24-42-26-11-10-12-26)22-21-39(8)28(34(27)41)13-14-30-38(7)18-17-32(47-33(44)23-36(3,4)35(45)46)37(5,6)29(38)16-19-40(30,39)9/h25-26,28-30,32,42H,10-24H2,1-9H3,(H,45,46)/t28-,29+,30-,32+,38+,39-,40-,41-/m1/s1. The number of esters is 1. The number of Topliss-reactive ketones (excluding diaryl/α,β-unsaturated/α-hetero) is 1. The fourth-order valence-electron chi connectivity index (χ4n) is 12.9. The first-order chi connectivity index (χ1) is 21.8. The van der Waals surface area contributed by atoms with E-state index in [9.17, 15) is 19.5 Å². The third-order valence-corrected chi connectivity index (χ3v) is 16.2. The minimum atomic E-state index is -1.13. The summed E-state index contributed by atoms with van der Waals surface area (Å²) in [6.45, 7) is 20.9. The van der Waals surface area contributed by atoms with Crippen LogP contribution in [-0.4, -0.2) is 41.5 Å². The predicted octanol–water partition coefficient (Wildman–Crippen LogP) is 8.91. The van der Waals surface area contributed by atoms with Crippen molar-refractivity contribution in [2.24, 2.45) is 56.2 Å². The van der Waals surface area contributed by atoms with E-state index in [-0.39, 0.29) is 45.6 Å². The lowest BCUT2D eigenvalue weighted by atomic mass is 9.33. The van der Waals surface area contributed by atoms with Crippen molar-refractivity contribution in [3.05, 3.63) is 11.1 Å². The number of carbonyl (C=O) groups is 3. The molecule has 0 radical (unpaired) electrons. The summed E-state index contributed by atoms with van der Waals surface area (Å²) in [4.78, 5) is 39.1. The highest BCUT2D eigenvalue weighted by Gasteiger charge is 2.70. The molecule has 5 fully saturated rings. The highest BCUT2D eigenvalue weighted by atomic mass is 16.5. The molecule has 5 saturated carbocycles. The van der Waals surface area contributed by atoms with Gasteiger partial charge in [0.25, 0.3) is 0 Å². The molecular formula is C41H65NO5. The smallest absolute Gasteiger partial charge is 0.309 e. The van der Waals surface area contributed by atoms with Gasteiger partial charge < -0.3 is 15.2 Å². The van der Waals surface area contributed by atoms with E-state index in [1.165, 1.54) is 38.5 Å². The number of rotatable bonds is 9. The van der Waals surface area contributed by atoms with Gasteiger partial charge in [0.2, 0.25) is 0 Å². The summed E-state index contributed by atoms with van der Waals surface area (Å²) in [5.74, 6) is 1.11. The predicted molar refractivity (Wildman–Crippen MR) is 186 cm³/mol. The second-order valence-corrected chi connectivity index (χ2v) is 19.4. The largest absolute Gasteiger partial charge is 0.481 e. The molecular weight excluding hydrogens is 586 g/mol. The number of hydrogen-bond donors (Lipinski definition) is 2. The topological polar surface area (TPSA) is 92.7 Å². The number of carboxylic acids is 1. The van der Waals surface area contributed by atoms with Gasteiger partial charge in [-0.2, -0.15) is 0 Å². The van der Waals surface area contributed by atoms with Crippen molar-refractivity contribution in [3.8, 4) is 0 Å². The van der Waals surface area contributed by atoms with E-state index < -0.39 is 11.4 Å². The monoisotopic (exact) mass is 651 g/mol. The van der Waals surface area contributed by atoms with Crippen molar-refractivity contribution in [1.29, 1.82) is 0 Å². The lowest BCUT2D eigenvalue weighted by Crippen LogP contribution is -2.66. The summed E-state index contributed by atoms with van der Waals surface area (Å²) in [5.41, 5.74) is 2.11. The van der Waals surface area contributed by atoms with Crippen molar-refractivity contribution in [2.45, 2.75) is 164 Å². The summed E-state index contributed by atoms with van der Waals surface area (Å²) < 4.78 is 6.17. The Morgan fingerprint density at radius 2 is 1.57 bits per heavy atom. The Bertz CT molecular complexity index is 1320. The first-order valence-electron chi connectivity index (χ1n) is 19.3. The third-order valence-electron chi connectivity index (χ3n) is 16.2. The van der Waals surface area contributed by atoms with Crippen molar-refractivity contribution < 1.29 is 24.2 Å². The number of ketones is 1. The van der Waals surface area contributed by atoms with Crippen LogP contribution >= 0.6 is 0 Å². The highest BCUT2D eigenvalue weighted by Crippen LogP contribution is 2.77. The van der Waals surface area contributed by atoms with Gasteiger partial charge in [0.05, 0.1) is 23.8 Å². The Kier molecular flexibility index (Phi) is 8.74. The van der Waals surface area contributed by atoms with E-state index >= 15 is 0 Å². The van der Waals surface area contributed by atoms with E-state index in [0.29, 0.717) is 42.0 Å². The number of allylic oxidation sites excluding steroid dienone is 2. The van der Waals surface area contributed by atoms with Gasteiger partial charge in [-0.15, -0.1) is 0 Å². The number of ether oxygens (including phenoxy) is 1. The quantitative estimate of drug-likeness (QED) is 0.191. The van der Waals surface area contributed by atoms with Crippen molar-refractivity contribution in [2.75, 3.05) is 6.54 Å². The van der Waals surface area contributed by atoms with Crippen molar-refractivity contribution in [3.63, 3.8) is 0 Å². The number of carboxylic acid groups (broad SMARTS) is 1. The second kappa shape index (κ2) is 11.7. The van der Waals surface area contributed by atoms with E-state index in [1.54, 1.807) is 25.0 Å². The van der Waals surface area contributed by atoms with E-state index in [4.69, 9.17) is 4.74 Å². The maximum atomic E-state index is 14.3. The normalized spacial score (nSPS) is 41.3. The van der Waals surface area contributed by atoms with Crippen LogP contribution in [0.1, 0.15) is 152 Å². The second-order valence-electron chi connectivity index (χ2n) is 19.4. The summed E-state index contributed by atoms with van der Waals surface area (Å²) >= 11 is 0. The van der Waals surface area contributed by atoms with Gasteiger partial charge >= 0.3 is 11.9 Å². The van der Waals surface area contributed by atoms with Gasteiger partial charge in [-0.3, -0.25) is 14.4 Å². The average Bonchev–Trinajstić information content (AvgIpc) is 3.35. The number of nitrogens with one attached hydrogen (secondary N) is 1. The van der Waals surface area contributed by atoms with Crippen LogP contribution in [0.4, 0.5) is 0 Å². The van der Waals surface area contributed by atoms with Crippen molar-refractivity contribution in [1.82, 2.24) is 5.32 Å². The van der Waals surface area contributed by atoms with Crippen LogP contribution in [0.2, 0.25) is 0 Å². The molecule has 6 aliphatic rings. The number of fused-ring (bicyclic) bond motifs is 7. The molecule has 47 heavy (non-hydrogen) atoms. The molecule has 0 aromatic rings. The summed E-state index contributed by atoms with van der Waals surface area (Å²) in [7, 11) is 0. The third kappa shape index (κ3) is 5.22. The number of aliphatic carboxylic acids is 1. The van der Waals surface area contributed by atoms with Crippen LogP contribution in [0.5, 0.6) is 0 Å². The molecule has 6 heteroatoms. The van der Waals surface area contributed by atoms with E-state index in [0.717, 1.165) is 44.9 Å². The highest BCUT2D eigenvalue weighted by molar-refractivity contribution is 5.91. The average molecular weight is 652 g/mol. The lowest BCUT2D eigenvalue weighted by Gasteiger charge is -2.72. The molecule has 0 spiro atoms. The van der Waals surface area contributed by atoms with Crippen LogP contribution in [-0.2, 0) is 19.1 Å². The maximum Gasteiger partial charge on any atom is 0.309 e. The number of carbonyl (C=O) groups excluding carboxylic acids is 2. The van der Waals surface area contributed by atoms with Crippen LogP contribution in [0.3, 0.4) is 0 Å². The number of hydrogen-bond acceptors (Lipinski definition) is 5. The Balaban J connectivity index is 1.26. The molecule has 6 aliphatic carbocycles. The zero-order valence-electron chi connectivity index (χ0n) is 31.2. The molecule has 0 aromatic carbocycles. The van der Waals surface area contributed by atoms with Gasteiger partial charge in [0, 0.05) is 11.5 Å². The molecule has 0 saturated heterocycles. The summed E-state index contributed by atoms with van der Waals surface area (Å²) in [6, 6.07) is 0.535. The van der Waals surface area contributed by atoms with E-state index in [2.05, 4.69) is 53.8 Å². The van der Waals surface area contributed by atoms with Crippen LogP contribution < -0.4 is 5.32 Å². The fraction of sp³-hybridized carbons (Fsp3) is 0.878. The Hall–Kier alpha value is -1.69. The van der Waals surface area contributed by atoms with Crippen LogP contribution in [0.15, 0.2) is 11.1 Å². The van der Waals surface area contributed by atoms with Crippen LogP contribution in [0, 0.1) is 56.2 Å². The van der Waals surface area contributed by atoms with Crippen molar-refractivity contribution >= 4 is 17.7 Å². The molecule has 0 aliphatic heterocycles. The molecule has 0 aromatic heterocycles. The molecule has 0 heterocycles.